The SMILES string of the molecule is CCOc1ncc(NC(=O)Cc2ccc(F)cc2)c(OCC)n1. The van der Waals surface area contributed by atoms with Gasteiger partial charge in [0, 0.05) is 0 Å². The average molecular weight is 319 g/mol. The lowest BCUT2D eigenvalue weighted by molar-refractivity contribution is -0.115. The minimum atomic E-state index is -0.340. The first kappa shape index (κ1) is 16.7. The Kier molecular flexibility index (Phi) is 5.85. The largest absolute Gasteiger partial charge is 0.476 e. The molecule has 0 atom stereocenters. The molecule has 0 unspecified atom stereocenters. The van der Waals surface area contributed by atoms with Gasteiger partial charge in [-0.05, 0) is 31.5 Å². The van der Waals surface area contributed by atoms with Crippen LogP contribution in [-0.2, 0) is 11.2 Å². The summed E-state index contributed by atoms with van der Waals surface area (Å²) >= 11 is 0. The number of ether oxygens (including phenoxy) is 2. The molecular weight excluding hydrogens is 301 g/mol. The van der Waals surface area contributed by atoms with Crippen molar-refractivity contribution in [2.75, 3.05) is 18.5 Å². The Labute approximate surface area is 133 Å². The fourth-order valence-electron chi connectivity index (χ4n) is 1.86. The van der Waals surface area contributed by atoms with E-state index >= 15 is 0 Å². The summed E-state index contributed by atoms with van der Waals surface area (Å²) in [6.45, 7) is 4.46. The van der Waals surface area contributed by atoms with E-state index in [2.05, 4.69) is 15.3 Å². The Morgan fingerprint density at radius 2 is 1.87 bits per heavy atom. The van der Waals surface area contributed by atoms with Gasteiger partial charge in [0.15, 0.2) is 0 Å². The van der Waals surface area contributed by atoms with Gasteiger partial charge in [-0.3, -0.25) is 4.79 Å². The topological polar surface area (TPSA) is 73.3 Å². The maximum absolute atomic E-state index is 12.9. The average Bonchev–Trinajstić information content (AvgIpc) is 2.53. The number of nitrogens with one attached hydrogen (secondary N) is 1. The van der Waals surface area contributed by atoms with Crippen molar-refractivity contribution >= 4 is 11.6 Å². The van der Waals surface area contributed by atoms with E-state index in [4.69, 9.17) is 9.47 Å². The van der Waals surface area contributed by atoms with Gasteiger partial charge in [0.05, 0.1) is 25.8 Å². The molecule has 0 aliphatic rings. The van der Waals surface area contributed by atoms with Gasteiger partial charge in [-0.1, -0.05) is 12.1 Å². The number of carbonyl (C=O) groups is 1. The molecule has 0 saturated carbocycles. The van der Waals surface area contributed by atoms with Crippen molar-refractivity contribution in [1.29, 1.82) is 0 Å². The first-order valence-electron chi connectivity index (χ1n) is 7.29. The molecule has 0 bridgehead atoms. The third kappa shape index (κ3) is 4.91. The molecule has 1 amide bonds. The summed E-state index contributed by atoms with van der Waals surface area (Å²) in [7, 11) is 0. The van der Waals surface area contributed by atoms with Crippen molar-refractivity contribution in [3.63, 3.8) is 0 Å². The molecule has 7 heteroatoms. The zero-order chi connectivity index (χ0) is 16.7. The number of nitrogens with zero attached hydrogens (tertiary/aromatic N) is 2. The molecule has 0 aliphatic carbocycles. The summed E-state index contributed by atoms with van der Waals surface area (Å²) in [4.78, 5) is 20.2. The molecule has 1 heterocycles. The monoisotopic (exact) mass is 319 g/mol. The van der Waals surface area contributed by atoms with Gasteiger partial charge in [-0.2, -0.15) is 4.98 Å². The van der Waals surface area contributed by atoms with Gasteiger partial charge in [-0.25, -0.2) is 9.37 Å². The van der Waals surface area contributed by atoms with Gasteiger partial charge < -0.3 is 14.8 Å². The van der Waals surface area contributed by atoms with Crippen molar-refractivity contribution in [2.45, 2.75) is 20.3 Å². The van der Waals surface area contributed by atoms with Gasteiger partial charge in [0.1, 0.15) is 11.5 Å². The van der Waals surface area contributed by atoms with E-state index in [1.807, 2.05) is 13.8 Å². The van der Waals surface area contributed by atoms with Crippen LogP contribution < -0.4 is 14.8 Å². The Morgan fingerprint density at radius 1 is 1.17 bits per heavy atom. The van der Waals surface area contributed by atoms with Crippen molar-refractivity contribution in [3.05, 3.63) is 41.8 Å². The Bertz CT molecular complexity index is 662. The van der Waals surface area contributed by atoms with Gasteiger partial charge in [0.2, 0.25) is 11.8 Å². The molecule has 0 radical (unpaired) electrons. The molecule has 0 aliphatic heterocycles. The summed E-state index contributed by atoms with van der Waals surface area (Å²) in [5.74, 6) is -0.364. The van der Waals surface area contributed by atoms with E-state index in [0.29, 0.717) is 24.5 Å². The normalized spacial score (nSPS) is 10.2. The minimum absolute atomic E-state index is 0.110. The molecule has 0 fully saturated rings. The molecule has 2 aromatic rings. The van der Waals surface area contributed by atoms with Crippen LogP contribution in [0.1, 0.15) is 19.4 Å². The van der Waals surface area contributed by atoms with E-state index in [0.717, 1.165) is 0 Å². The first-order valence-corrected chi connectivity index (χ1v) is 7.29. The fourth-order valence-corrected chi connectivity index (χ4v) is 1.86. The Balaban J connectivity index is 2.08. The zero-order valence-electron chi connectivity index (χ0n) is 13.0. The van der Waals surface area contributed by atoms with E-state index < -0.39 is 0 Å². The standard InChI is InChI=1S/C16H18FN3O3/c1-3-22-15-13(10-18-16(20-15)23-4-2)19-14(21)9-11-5-7-12(17)8-6-11/h5-8,10H,3-4,9H2,1-2H3,(H,19,21). The van der Waals surface area contributed by atoms with E-state index in [1.165, 1.54) is 18.3 Å². The third-order valence-corrected chi connectivity index (χ3v) is 2.84. The van der Waals surface area contributed by atoms with Crippen LogP contribution in [0.25, 0.3) is 0 Å². The summed E-state index contributed by atoms with van der Waals surface area (Å²) in [5, 5.41) is 2.69. The summed E-state index contributed by atoms with van der Waals surface area (Å²) in [5.41, 5.74) is 1.07. The lowest BCUT2D eigenvalue weighted by Crippen LogP contribution is -2.16. The van der Waals surface area contributed by atoms with Crippen LogP contribution in [0.4, 0.5) is 10.1 Å². The highest BCUT2D eigenvalue weighted by Gasteiger charge is 2.12. The van der Waals surface area contributed by atoms with E-state index in [1.54, 1.807) is 12.1 Å². The number of benzene rings is 1. The molecule has 6 nitrogen and oxygen atoms in total. The molecular formula is C16H18FN3O3. The number of halogens is 1. The van der Waals surface area contributed by atoms with Crippen LogP contribution in [0.3, 0.4) is 0 Å². The third-order valence-electron chi connectivity index (χ3n) is 2.84. The van der Waals surface area contributed by atoms with Crippen LogP contribution in [0.2, 0.25) is 0 Å². The highest BCUT2D eigenvalue weighted by atomic mass is 19.1. The molecule has 23 heavy (non-hydrogen) atoms. The highest BCUT2D eigenvalue weighted by molar-refractivity contribution is 5.93. The molecule has 0 saturated heterocycles. The Morgan fingerprint density at radius 3 is 2.52 bits per heavy atom. The number of hydrogen-bond acceptors (Lipinski definition) is 5. The van der Waals surface area contributed by atoms with Gasteiger partial charge in [0.25, 0.3) is 0 Å². The molecule has 1 N–H and O–H groups in total. The smallest absolute Gasteiger partial charge is 0.319 e. The van der Waals surface area contributed by atoms with Crippen molar-refractivity contribution in [2.24, 2.45) is 0 Å². The van der Waals surface area contributed by atoms with E-state index in [9.17, 15) is 9.18 Å². The molecule has 0 spiro atoms. The second-order valence-corrected chi connectivity index (χ2v) is 4.59. The maximum Gasteiger partial charge on any atom is 0.319 e. The number of hydrogen-bond donors (Lipinski definition) is 1. The first-order chi connectivity index (χ1) is 11.1. The molecule has 1 aromatic heterocycles. The van der Waals surface area contributed by atoms with Gasteiger partial charge in [-0.15, -0.1) is 0 Å². The van der Waals surface area contributed by atoms with Crippen LogP contribution in [0.15, 0.2) is 30.5 Å². The van der Waals surface area contributed by atoms with Crippen molar-refractivity contribution in [3.8, 4) is 11.9 Å². The quantitative estimate of drug-likeness (QED) is 0.849. The zero-order valence-corrected chi connectivity index (χ0v) is 13.0. The number of amides is 1. The van der Waals surface area contributed by atoms with E-state index in [-0.39, 0.29) is 30.0 Å². The molecule has 1 aromatic carbocycles. The van der Waals surface area contributed by atoms with Crippen LogP contribution in [0.5, 0.6) is 11.9 Å². The van der Waals surface area contributed by atoms with Gasteiger partial charge >= 0.3 is 6.01 Å². The molecule has 2 rings (SSSR count). The Hall–Kier alpha value is -2.70. The summed E-state index contributed by atoms with van der Waals surface area (Å²) in [6.07, 6.45) is 1.55. The van der Waals surface area contributed by atoms with Crippen molar-refractivity contribution < 1.29 is 18.7 Å². The second kappa shape index (κ2) is 8.07. The minimum Gasteiger partial charge on any atom is -0.476 e. The number of anilines is 1. The predicted octanol–water partition coefficient (Wildman–Crippen LogP) is 2.59. The number of aromatic nitrogens is 2. The summed E-state index contributed by atoms with van der Waals surface area (Å²) in [6, 6.07) is 5.94. The van der Waals surface area contributed by atoms with Crippen LogP contribution in [-0.4, -0.2) is 29.1 Å². The number of carbonyl (C=O) groups excluding carboxylic acids is 1. The molecule has 122 valence electrons. The lowest BCUT2D eigenvalue weighted by Gasteiger charge is -2.11. The predicted molar refractivity (Wildman–Crippen MR) is 83.1 cm³/mol. The van der Waals surface area contributed by atoms with Crippen molar-refractivity contribution in [1.82, 2.24) is 9.97 Å². The van der Waals surface area contributed by atoms with Crippen LogP contribution >= 0.6 is 0 Å². The second-order valence-electron chi connectivity index (χ2n) is 4.59. The maximum atomic E-state index is 12.9. The lowest BCUT2D eigenvalue weighted by atomic mass is 10.1. The highest BCUT2D eigenvalue weighted by Crippen LogP contribution is 2.23. The summed E-state index contributed by atoms with van der Waals surface area (Å²) < 4.78 is 23.5. The van der Waals surface area contributed by atoms with Crippen LogP contribution in [0, 0.1) is 5.82 Å². The number of rotatable bonds is 7. The fraction of sp³-hybridized carbons (Fsp3) is 0.312.